The molecule has 0 fully saturated rings. The van der Waals surface area contributed by atoms with E-state index in [0.29, 0.717) is 33.9 Å². The average molecular weight is 432 g/mol. The number of hydrogen-bond acceptors (Lipinski definition) is 7. The number of nitrogens with one attached hydrogen (secondary N) is 2. The van der Waals surface area contributed by atoms with Gasteiger partial charge in [0.15, 0.2) is 5.13 Å². The summed E-state index contributed by atoms with van der Waals surface area (Å²) < 4.78 is 5.28. The minimum Gasteiger partial charge on any atom is -0.424 e. The quantitative estimate of drug-likeness (QED) is 0.640. The Bertz CT molecular complexity index is 1050. The summed E-state index contributed by atoms with van der Waals surface area (Å²) in [6, 6.07) is 6.63. The van der Waals surface area contributed by atoms with E-state index in [4.69, 9.17) is 16.0 Å². The highest BCUT2D eigenvalue weighted by molar-refractivity contribution is 7.16. The molecule has 2 aromatic heterocycles. The predicted molar refractivity (Wildman–Crippen MR) is 108 cm³/mol. The number of hydrogen-bond donors (Lipinski definition) is 2. The maximum absolute atomic E-state index is 12.7. The van der Waals surface area contributed by atoms with E-state index in [1.165, 1.54) is 11.3 Å². The monoisotopic (exact) mass is 431 g/mol. The van der Waals surface area contributed by atoms with Gasteiger partial charge in [-0.15, -0.1) is 21.5 Å². The molecule has 1 unspecified atom stereocenters. The molecule has 2 amide bonds. The molecule has 3 aromatic rings. The molecule has 29 heavy (non-hydrogen) atoms. The summed E-state index contributed by atoms with van der Waals surface area (Å²) in [7, 11) is 0. The minimum absolute atomic E-state index is 0.136. The minimum atomic E-state index is -0.361. The van der Waals surface area contributed by atoms with Crippen molar-refractivity contribution in [3.05, 3.63) is 57.2 Å². The van der Waals surface area contributed by atoms with E-state index in [1.807, 2.05) is 0 Å². The molecule has 0 aliphatic heterocycles. The second-order valence-electron chi connectivity index (χ2n) is 6.67. The van der Waals surface area contributed by atoms with Gasteiger partial charge in [0.1, 0.15) is 0 Å². The zero-order chi connectivity index (χ0) is 20.4. The average Bonchev–Trinajstić information content (AvgIpc) is 3.31. The van der Waals surface area contributed by atoms with Crippen LogP contribution in [-0.4, -0.2) is 27.0 Å². The van der Waals surface area contributed by atoms with Crippen molar-refractivity contribution in [1.29, 1.82) is 0 Å². The van der Waals surface area contributed by atoms with Crippen molar-refractivity contribution < 1.29 is 14.0 Å². The molecule has 1 atom stereocenters. The fourth-order valence-electron chi connectivity index (χ4n) is 3.19. The number of fused-ring (bicyclic) bond motifs is 1. The topological polar surface area (TPSA) is 110 Å². The first kappa shape index (κ1) is 19.5. The number of amides is 2. The van der Waals surface area contributed by atoms with Crippen molar-refractivity contribution in [3.63, 3.8) is 0 Å². The van der Waals surface area contributed by atoms with Crippen molar-refractivity contribution in [2.75, 3.05) is 5.32 Å². The molecule has 1 aliphatic carbocycles. The molecule has 0 spiro atoms. The zero-order valence-electron chi connectivity index (χ0n) is 15.6. The molecule has 2 heterocycles. The summed E-state index contributed by atoms with van der Waals surface area (Å²) >= 11 is 7.27. The lowest BCUT2D eigenvalue weighted by molar-refractivity contribution is -0.123. The Morgan fingerprint density at radius 1 is 1.28 bits per heavy atom. The van der Waals surface area contributed by atoms with Gasteiger partial charge >= 0.3 is 0 Å². The largest absolute Gasteiger partial charge is 0.424 e. The summed E-state index contributed by atoms with van der Waals surface area (Å²) in [6.45, 7) is 1.87. The number of halogens is 1. The van der Waals surface area contributed by atoms with Gasteiger partial charge in [-0.05, 0) is 43.5 Å². The number of benzene rings is 1. The molecule has 4 rings (SSSR count). The zero-order valence-corrected chi connectivity index (χ0v) is 17.1. The molecule has 8 nitrogen and oxygen atoms in total. The van der Waals surface area contributed by atoms with Crippen molar-refractivity contribution >= 4 is 39.9 Å². The van der Waals surface area contributed by atoms with Gasteiger partial charge < -0.3 is 9.73 Å². The molecule has 0 bridgehead atoms. The van der Waals surface area contributed by atoms with Crippen LogP contribution in [0.4, 0.5) is 5.13 Å². The van der Waals surface area contributed by atoms with Gasteiger partial charge in [0.05, 0.1) is 18.2 Å². The molecule has 0 saturated heterocycles. The lowest BCUT2D eigenvalue weighted by atomic mass is 9.90. The van der Waals surface area contributed by atoms with E-state index in [1.54, 1.807) is 31.2 Å². The third-order valence-electron chi connectivity index (χ3n) is 4.58. The van der Waals surface area contributed by atoms with Crippen LogP contribution in [0.25, 0.3) is 0 Å². The van der Waals surface area contributed by atoms with Gasteiger partial charge in [-0.25, -0.2) is 4.98 Å². The first-order valence-corrected chi connectivity index (χ1v) is 10.3. The summed E-state index contributed by atoms with van der Waals surface area (Å²) in [4.78, 5) is 30.7. The van der Waals surface area contributed by atoms with E-state index in [9.17, 15) is 9.59 Å². The second-order valence-corrected chi connectivity index (χ2v) is 8.19. The molecular weight excluding hydrogens is 414 g/mol. The Morgan fingerprint density at radius 3 is 2.79 bits per heavy atom. The summed E-state index contributed by atoms with van der Waals surface area (Å²) in [5.41, 5.74) is 1.22. The van der Waals surface area contributed by atoms with Crippen molar-refractivity contribution in [1.82, 2.24) is 20.5 Å². The highest BCUT2D eigenvalue weighted by Gasteiger charge is 2.30. The van der Waals surface area contributed by atoms with E-state index in [-0.39, 0.29) is 24.3 Å². The SMILES string of the molecule is Cc1nnc(CNC(=O)C2CCCc3sc(NC(=O)c4ccc(Cl)cc4)nc32)o1. The molecule has 150 valence electrons. The number of nitrogens with zero attached hydrogens (tertiary/aromatic N) is 3. The first-order chi connectivity index (χ1) is 14.0. The van der Waals surface area contributed by atoms with Crippen molar-refractivity contribution in [2.24, 2.45) is 0 Å². The summed E-state index contributed by atoms with van der Waals surface area (Å²) in [5, 5.41) is 14.3. The molecule has 0 radical (unpaired) electrons. The molecule has 1 aliphatic rings. The van der Waals surface area contributed by atoms with Crippen LogP contribution in [-0.2, 0) is 17.8 Å². The number of thiazole rings is 1. The van der Waals surface area contributed by atoms with Crippen LogP contribution in [0.1, 0.15) is 51.5 Å². The standard InChI is InChI=1S/C19H18ClN5O3S/c1-10-24-25-15(28-10)9-21-18(27)13-3-2-4-14-16(13)22-19(29-14)23-17(26)11-5-7-12(20)8-6-11/h5-8,13H,2-4,9H2,1H3,(H,21,27)(H,22,23,26). The van der Waals surface area contributed by atoms with Crippen molar-refractivity contribution in [2.45, 2.75) is 38.6 Å². The number of aromatic nitrogens is 3. The fourth-order valence-corrected chi connectivity index (χ4v) is 4.38. The van der Waals surface area contributed by atoms with Gasteiger partial charge in [-0.3, -0.25) is 14.9 Å². The Balaban J connectivity index is 1.45. The van der Waals surface area contributed by atoms with Gasteiger partial charge in [0, 0.05) is 22.4 Å². The fraction of sp³-hybridized carbons (Fsp3) is 0.316. The summed E-state index contributed by atoms with van der Waals surface area (Å²) in [6.07, 6.45) is 2.43. The number of carbonyl (C=O) groups is 2. The number of rotatable bonds is 5. The molecule has 2 N–H and O–H groups in total. The van der Waals surface area contributed by atoms with Gasteiger partial charge in [-0.2, -0.15) is 0 Å². The number of aryl methyl sites for hydroxylation is 2. The first-order valence-electron chi connectivity index (χ1n) is 9.13. The predicted octanol–water partition coefficient (Wildman–Crippen LogP) is 3.48. The van der Waals surface area contributed by atoms with Gasteiger partial charge in [0.25, 0.3) is 5.91 Å². The Labute approximate surface area is 175 Å². The van der Waals surface area contributed by atoms with E-state index in [2.05, 4.69) is 25.8 Å². The highest BCUT2D eigenvalue weighted by Crippen LogP contribution is 2.37. The third-order valence-corrected chi connectivity index (χ3v) is 5.88. The van der Waals surface area contributed by atoms with E-state index in [0.717, 1.165) is 23.4 Å². The highest BCUT2D eigenvalue weighted by atomic mass is 35.5. The van der Waals surface area contributed by atoms with Crippen LogP contribution in [0.15, 0.2) is 28.7 Å². The Morgan fingerprint density at radius 2 is 2.07 bits per heavy atom. The molecule has 10 heteroatoms. The van der Waals surface area contributed by atoms with Crippen LogP contribution in [0.3, 0.4) is 0 Å². The summed E-state index contributed by atoms with van der Waals surface area (Å²) in [5.74, 6) is 0.0549. The van der Waals surface area contributed by atoms with Crippen LogP contribution in [0.5, 0.6) is 0 Å². The second kappa shape index (κ2) is 8.30. The van der Waals surface area contributed by atoms with Crippen molar-refractivity contribution in [3.8, 4) is 0 Å². The van der Waals surface area contributed by atoms with Crippen LogP contribution < -0.4 is 10.6 Å². The van der Waals surface area contributed by atoms with Crippen LogP contribution >= 0.6 is 22.9 Å². The lowest BCUT2D eigenvalue weighted by Gasteiger charge is -2.19. The number of anilines is 1. The third kappa shape index (κ3) is 4.46. The maximum Gasteiger partial charge on any atom is 0.257 e. The Kier molecular flexibility index (Phi) is 5.59. The van der Waals surface area contributed by atoms with Crippen LogP contribution in [0.2, 0.25) is 5.02 Å². The Hall–Kier alpha value is -2.78. The maximum atomic E-state index is 12.7. The lowest BCUT2D eigenvalue weighted by Crippen LogP contribution is -2.31. The smallest absolute Gasteiger partial charge is 0.257 e. The van der Waals surface area contributed by atoms with Gasteiger partial charge in [-0.1, -0.05) is 11.6 Å². The molecular formula is C19H18ClN5O3S. The molecule has 1 aromatic carbocycles. The van der Waals surface area contributed by atoms with E-state index >= 15 is 0 Å². The normalized spacial score (nSPS) is 15.6. The number of carbonyl (C=O) groups excluding carboxylic acids is 2. The molecule has 0 saturated carbocycles. The van der Waals surface area contributed by atoms with Gasteiger partial charge in [0.2, 0.25) is 17.7 Å². The van der Waals surface area contributed by atoms with E-state index < -0.39 is 0 Å². The van der Waals surface area contributed by atoms with Crippen LogP contribution in [0, 0.1) is 6.92 Å².